The molecule has 1 heterocycles. The number of carbonyl (C=O) groups is 2. The van der Waals surface area contributed by atoms with Crippen LogP contribution in [0.25, 0.3) is 10.8 Å². The summed E-state index contributed by atoms with van der Waals surface area (Å²) in [5.74, 6) is 1.26. The SMILES string of the molecule is COc1ccc(N2CC(C(=O)NCCOc3cccc4ccccc34)CC2=O)cc1OC. The van der Waals surface area contributed by atoms with E-state index < -0.39 is 5.92 Å². The number of nitrogens with zero attached hydrogens (tertiary/aromatic N) is 1. The van der Waals surface area contributed by atoms with E-state index >= 15 is 0 Å². The number of benzene rings is 3. The summed E-state index contributed by atoms with van der Waals surface area (Å²) in [5, 5.41) is 5.03. The second-order valence-corrected chi connectivity index (χ2v) is 7.56. The van der Waals surface area contributed by atoms with E-state index in [2.05, 4.69) is 5.32 Å². The average Bonchev–Trinajstić information content (AvgIpc) is 3.23. The fraction of sp³-hybridized carbons (Fsp3) is 0.280. The van der Waals surface area contributed by atoms with Gasteiger partial charge in [0.25, 0.3) is 0 Å². The Kier molecular flexibility index (Phi) is 6.44. The largest absolute Gasteiger partial charge is 0.493 e. The maximum absolute atomic E-state index is 12.6. The molecule has 4 rings (SSSR count). The molecular formula is C25H26N2O5. The minimum atomic E-state index is -0.409. The van der Waals surface area contributed by atoms with E-state index in [9.17, 15) is 9.59 Å². The second kappa shape index (κ2) is 9.60. The number of ether oxygens (including phenoxy) is 3. The topological polar surface area (TPSA) is 77.1 Å². The van der Waals surface area contributed by atoms with Crippen LogP contribution >= 0.6 is 0 Å². The molecule has 3 aromatic carbocycles. The molecule has 0 aromatic heterocycles. The summed E-state index contributed by atoms with van der Waals surface area (Å²) >= 11 is 0. The Balaban J connectivity index is 1.31. The van der Waals surface area contributed by atoms with Crippen molar-refractivity contribution in [2.45, 2.75) is 6.42 Å². The summed E-state index contributed by atoms with van der Waals surface area (Å²) < 4.78 is 16.4. The Bertz CT molecular complexity index is 1130. The highest BCUT2D eigenvalue weighted by atomic mass is 16.5. The highest BCUT2D eigenvalue weighted by Gasteiger charge is 2.35. The van der Waals surface area contributed by atoms with Gasteiger partial charge in [-0.2, -0.15) is 0 Å². The zero-order chi connectivity index (χ0) is 22.5. The minimum absolute atomic E-state index is 0.0932. The van der Waals surface area contributed by atoms with Crippen LogP contribution in [0, 0.1) is 5.92 Å². The third kappa shape index (κ3) is 4.46. The van der Waals surface area contributed by atoms with Crippen LogP contribution in [-0.4, -0.2) is 45.7 Å². The normalized spacial score (nSPS) is 15.6. The van der Waals surface area contributed by atoms with Gasteiger partial charge >= 0.3 is 0 Å². The predicted molar refractivity (Wildman–Crippen MR) is 122 cm³/mol. The van der Waals surface area contributed by atoms with Crippen LogP contribution in [0.15, 0.2) is 60.7 Å². The van der Waals surface area contributed by atoms with Crippen molar-refractivity contribution in [3.05, 3.63) is 60.7 Å². The Morgan fingerprint density at radius 1 is 1.00 bits per heavy atom. The fourth-order valence-corrected chi connectivity index (χ4v) is 3.93. The lowest BCUT2D eigenvalue weighted by molar-refractivity contribution is -0.126. The molecule has 32 heavy (non-hydrogen) atoms. The van der Waals surface area contributed by atoms with E-state index in [1.165, 1.54) is 0 Å². The number of rotatable bonds is 8. The van der Waals surface area contributed by atoms with Crippen LogP contribution in [0.4, 0.5) is 5.69 Å². The molecule has 7 heteroatoms. The molecule has 1 aliphatic rings. The Labute approximate surface area is 186 Å². The molecule has 0 radical (unpaired) electrons. The van der Waals surface area contributed by atoms with E-state index in [-0.39, 0.29) is 18.2 Å². The molecular weight excluding hydrogens is 408 g/mol. The first-order chi connectivity index (χ1) is 15.6. The van der Waals surface area contributed by atoms with Gasteiger partial charge in [-0.3, -0.25) is 9.59 Å². The first-order valence-electron chi connectivity index (χ1n) is 10.5. The number of hydrogen-bond donors (Lipinski definition) is 1. The number of amides is 2. The van der Waals surface area contributed by atoms with Gasteiger partial charge in [0, 0.05) is 30.1 Å². The minimum Gasteiger partial charge on any atom is -0.493 e. The number of fused-ring (bicyclic) bond motifs is 1. The fourth-order valence-electron chi connectivity index (χ4n) is 3.93. The molecule has 166 valence electrons. The van der Waals surface area contributed by atoms with Crippen molar-refractivity contribution in [2.75, 3.05) is 38.8 Å². The summed E-state index contributed by atoms with van der Waals surface area (Å²) in [6.07, 6.45) is 0.171. The molecule has 2 amide bonds. The van der Waals surface area contributed by atoms with E-state index in [1.54, 1.807) is 37.3 Å². The van der Waals surface area contributed by atoms with Crippen molar-refractivity contribution in [3.8, 4) is 17.2 Å². The van der Waals surface area contributed by atoms with Crippen LogP contribution in [0.2, 0.25) is 0 Å². The van der Waals surface area contributed by atoms with Gasteiger partial charge in [0.15, 0.2) is 11.5 Å². The van der Waals surface area contributed by atoms with Gasteiger partial charge < -0.3 is 24.4 Å². The third-order valence-corrected chi connectivity index (χ3v) is 5.58. The zero-order valence-electron chi connectivity index (χ0n) is 18.2. The Morgan fingerprint density at radius 2 is 1.78 bits per heavy atom. The van der Waals surface area contributed by atoms with Gasteiger partial charge in [-0.05, 0) is 23.6 Å². The summed E-state index contributed by atoms with van der Waals surface area (Å²) in [4.78, 5) is 26.8. The van der Waals surface area contributed by atoms with Crippen molar-refractivity contribution >= 4 is 28.3 Å². The second-order valence-electron chi connectivity index (χ2n) is 7.56. The van der Waals surface area contributed by atoms with E-state index in [1.807, 2.05) is 42.5 Å². The van der Waals surface area contributed by atoms with Crippen LogP contribution in [0.5, 0.6) is 17.2 Å². The van der Waals surface area contributed by atoms with Gasteiger partial charge in [-0.25, -0.2) is 0 Å². The number of hydrogen-bond acceptors (Lipinski definition) is 5. The summed E-state index contributed by atoms with van der Waals surface area (Å²) in [6, 6.07) is 19.2. The molecule has 0 aliphatic carbocycles. The molecule has 1 atom stereocenters. The molecule has 3 aromatic rings. The maximum Gasteiger partial charge on any atom is 0.227 e. The molecule has 0 saturated carbocycles. The van der Waals surface area contributed by atoms with Crippen molar-refractivity contribution in [1.29, 1.82) is 0 Å². The zero-order valence-corrected chi connectivity index (χ0v) is 18.2. The lowest BCUT2D eigenvalue weighted by Gasteiger charge is -2.18. The number of carbonyl (C=O) groups excluding carboxylic acids is 2. The van der Waals surface area contributed by atoms with E-state index in [4.69, 9.17) is 14.2 Å². The Hall–Kier alpha value is -3.74. The molecule has 1 unspecified atom stereocenters. The predicted octanol–water partition coefficient (Wildman–Crippen LogP) is 3.41. The quantitative estimate of drug-likeness (QED) is 0.550. The number of nitrogens with one attached hydrogen (secondary N) is 1. The van der Waals surface area contributed by atoms with Crippen LogP contribution in [-0.2, 0) is 9.59 Å². The van der Waals surface area contributed by atoms with Crippen LogP contribution in [0.3, 0.4) is 0 Å². The molecule has 0 bridgehead atoms. The Morgan fingerprint density at radius 3 is 2.59 bits per heavy atom. The van der Waals surface area contributed by atoms with Crippen molar-refractivity contribution < 1.29 is 23.8 Å². The maximum atomic E-state index is 12.6. The van der Waals surface area contributed by atoms with Crippen molar-refractivity contribution in [3.63, 3.8) is 0 Å². The summed E-state index contributed by atoms with van der Waals surface area (Å²) in [5.41, 5.74) is 0.683. The third-order valence-electron chi connectivity index (χ3n) is 5.58. The molecule has 1 aliphatic heterocycles. The van der Waals surface area contributed by atoms with Crippen LogP contribution in [0.1, 0.15) is 6.42 Å². The summed E-state index contributed by atoms with van der Waals surface area (Å²) in [6.45, 7) is 1.03. The molecule has 1 saturated heterocycles. The monoisotopic (exact) mass is 434 g/mol. The highest BCUT2D eigenvalue weighted by Crippen LogP contribution is 2.34. The highest BCUT2D eigenvalue weighted by molar-refractivity contribution is 6.00. The molecule has 7 nitrogen and oxygen atoms in total. The molecule has 0 spiro atoms. The first-order valence-corrected chi connectivity index (χ1v) is 10.5. The van der Waals surface area contributed by atoms with E-state index in [0.29, 0.717) is 36.9 Å². The van der Waals surface area contributed by atoms with Gasteiger partial charge in [0.2, 0.25) is 11.8 Å². The van der Waals surface area contributed by atoms with Gasteiger partial charge in [-0.15, -0.1) is 0 Å². The van der Waals surface area contributed by atoms with Gasteiger partial charge in [-0.1, -0.05) is 36.4 Å². The smallest absolute Gasteiger partial charge is 0.227 e. The average molecular weight is 434 g/mol. The van der Waals surface area contributed by atoms with Gasteiger partial charge in [0.05, 0.1) is 26.7 Å². The summed E-state index contributed by atoms with van der Waals surface area (Å²) in [7, 11) is 3.10. The molecule has 1 N–H and O–H groups in total. The van der Waals surface area contributed by atoms with Crippen LogP contribution < -0.4 is 24.4 Å². The van der Waals surface area contributed by atoms with Gasteiger partial charge in [0.1, 0.15) is 12.4 Å². The standard InChI is InChI=1S/C25H26N2O5/c1-30-22-11-10-19(15-23(22)31-2)27-16-18(14-24(27)28)25(29)26-12-13-32-21-9-5-7-17-6-3-4-8-20(17)21/h3-11,15,18H,12-14,16H2,1-2H3,(H,26,29). The van der Waals surface area contributed by atoms with Crippen molar-refractivity contribution in [2.24, 2.45) is 5.92 Å². The number of anilines is 1. The number of methoxy groups -OCH3 is 2. The van der Waals surface area contributed by atoms with E-state index in [0.717, 1.165) is 16.5 Å². The molecule has 1 fully saturated rings. The lowest BCUT2D eigenvalue weighted by atomic mass is 10.1. The first kappa shape index (κ1) is 21.5. The lowest BCUT2D eigenvalue weighted by Crippen LogP contribution is -2.35. The van der Waals surface area contributed by atoms with Crippen molar-refractivity contribution in [1.82, 2.24) is 5.32 Å².